The summed E-state index contributed by atoms with van der Waals surface area (Å²) in [6.45, 7) is -1.03. The molecule has 1 atom stereocenters. The van der Waals surface area contributed by atoms with Gasteiger partial charge in [-0.3, -0.25) is 9.36 Å². The molecule has 7 heteroatoms. The van der Waals surface area contributed by atoms with Crippen LogP contribution in [0.5, 0.6) is 5.75 Å². The standard InChI is InChI=1S/C28H25F2N3O2/c1-3-22-26-31-21-13-12-19(18-11-10-16-6-4-7-17(16)14-18)15-23(21)33(26)25-20(27(34)32(22)2)8-5-9-24(25)35-28(29)30/h5,8-15,22,28H,3-4,6-7H2,1-2H3/t22-/m1/s1. The number of ether oxygens (including phenoxy) is 1. The topological polar surface area (TPSA) is 47.4 Å². The van der Waals surface area contributed by atoms with Crippen molar-refractivity contribution in [3.05, 3.63) is 77.1 Å². The number of halogens is 2. The summed E-state index contributed by atoms with van der Waals surface area (Å²) in [6, 6.07) is 17.0. The number of rotatable bonds is 4. The average molecular weight is 474 g/mol. The van der Waals surface area contributed by atoms with Crippen LogP contribution in [0.2, 0.25) is 0 Å². The van der Waals surface area contributed by atoms with E-state index in [9.17, 15) is 13.6 Å². The summed E-state index contributed by atoms with van der Waals surface area (Å²) < 4.78 is 33.5. The highest BCUT2D eigenvalue weighted by molar-refractivity contribution is 6.01. The summed E-state index contributed by atoms with van der Waals surface area (Å²) in [5.41, 5.74) is 7.02. The third-order valence-electron chi connectivity index (χ3n) is 7.25. The van der Waals surface area contributed by atoms with E-state index >= 15 is 0 Å². The van der Waals surface area contributed by atoms with Gasteiger partial charge in [-0.15, -0.1) is 0 Å². The fraction of sp³-hybridized carbons (Fsp3) is 0.286. The van der Waals surface area contributed by atoms with Crippen molar-refractivity contribution in [2.45, 2.75) is 45.3 Å². The van der Waals surface area contributed by atoms with Gasteiger partial charge in [0.1, 0.15) is 11.5 Å². The van der Waals surface area contributed by atoms with Gasteiger partial charge in [-0.1, -0.05) is 37.3 Å². The molecule has 0 N–H and O–H groups in total. The van der Waals surface area contributed by atoms with Crippen LogP contribution in [0.4, 0.5) is 8.78 Å². The number of aryl methyl sites for hydroxylation is 2. The Hall–Kier alpha value is -3.74. The number of imidazole rings is 1. The Morgan fingerprint density at radius 3 is 2.63 bits per heavy atom. The van der Waals surface area contributed by atoms with Gasteiger partial charge < -0.3 is 9.64 Å². The predicted octanol–water partition coefficient (Wildman–Crippen LogP) is 6.32. The van der Waals surface area contributed by atoms with Crippen molar-refractivity contribution in [1.29, 1.82) is 0 Å². The van der Waals surface area contributed by atoms with Crippen molar-refractivity contribution in [1.82, 2.24) is 14.5 Å². The zero-order chi connectivity index (χ0) is 24.3. The van der Waals surface area contributed by atoms with Crippen molar-refractivity contribution < 1.29 is 18.3 Å². The first-order valence-electron chi connectivity index (χ1n) is 12.0. The Kier molecular flexibility index (Phi) is 5.09. The van der Waals surface area contributed by atoms with Crippen molar-refractivity contribution in [3.8, 4) is 22.6 Å². The van der Waals surface area contributed by atoms with Gasteiger partial charge in [0.2, 0.25) is 0 Å². The van der Waals surface area contributed by atoms with Gasteiger partial charge in [-0.05, 0) is 72.2 Å². The Labute approximate surface area is 202 Å². The maximum atomic E-state index is 13.4. The zero-order valence-corrected chi connectivity index (χ0v) is 19.6. The highest BCUT2D eigenvalue weighted by Crippen LogP contribution is 2.41. The van der Waals surface area contributed by atoms with Crippen molar-refractivity contribution in [3.63, 3.8) is 0 Å². The Bertz CT molecular complexity index is 1480. The molecule has 0 saturated heterocycles. The lowest BCUT2D eigenvalue weighted by Gasteiger charge is -2.24. The van der Waals surface area contributed by atoms with Crippen LogP contribution in [0.25, 0.3) is 27.8 Å². The molecule has 3 aromatic carbocycles. The molecule has 0 unspecified atom stereocenters. The third-order valence-corrected chi connectivity index (χ3v) is 7.25. The molecule has 0 spiro atoms. The number of para-hydroxylation sites is 1. The number of fused-ring (bicyclic) bond motifs is 6. The van der Waals surface area contributed by atoms with Crippen LogP contribution in [0, 0.1) is 0 Å². The lowest BCUT2D eigenvalue weighted by atomic mass is 10.00. The van der Waals surface area contributed by atoms with Crippen LogP contribution >= 0.6 is 0 Å². The molecule has 6 rings (SSSR count). The van der Waals surface area contributed by atoms with E-state index in [0.29, 0.717) is 23.5 Å². The monoisotopic (exact) mass is 473 g/mol. The predicted molar refractivity (Wildman–Crippen MR) is 130 cm³/mol. The number of hydrogen-bond acceptors (Lipinski definition) is 3. The summed E-state index contributed by atoms with van der Waals surface area (Å²) in [4.78, 5) is 19.9. The van der Waals surface area contributed by atoms with Gasteiger partial charge >= 0.3 is 6.61 Å². The average Bonchev–Trinajstić information content (AvgIpc) is 3.45. The number of alkyl halides is 2. The van der Waals surface area contributed by atoms with E-state index < -0.39 is 6.61 Å². The summed E-state index contributed by atoms with van der Waals surface area (Å²) in [5, 5.41) is 0. The smallest absolute Gasteiger partial charge is 0.387 e. The molecule has 1 aliphatic carbocycles. The first-order chi connectivity index (χ1) is 17.0. The minimum atomic E-state index is -3.01. The molecule has 5 nitrogen and oxygen atoms in total. The molecule has 0 saturated carbocycles. The minimum absolute atomic E-state index is 0.0421. The van der Waals surface area contributed by atoms with Crippen molar-refractivity contribution in [2.24, 2.45) is 0 Å². The van der Waals surface area contributed by atoms with Crippen LogP contribution in [0.1, 0.15) is 53.1 Å². The van der Waals surface area contributed by atoms with E-state index in [1.54, 1.807) is 24.1 Å². The number of carbonyl (C=O) groups excluding carboxylic acids is 1. The molecule has 178 valence electrons. The SMILES string of the molecule is CC[C@@H]1c2nc3ccc(-c4ccc5c(c4)CCC5)cc3n2-c2c(OC(F)F)cccc2C(=O)N1C. The molecule has 1 aromatic heterocycles. The molecule has 2 heterocycles. The lowest BCUT2D eigenvalue weighted by molar-refractivity contribution is -0.0498. The normalized spacial score (nSPS) is 16.9. The summed E-state index contributed by atoms with van der Waals surface area (Å²) in [5.74, 6) is 0.341. The van der Waals surface area contributed by atoms with Gasteiger partial charge in [-0.25, -0.2) is 4.98 Å². The second-order valence-corrected chi connectivity index (χ2v) is 9.22. The zero-order valence-electron chi connectivity index (χ0n) is 19.6. The summed E-state index contributed by atoms with van der Waals surface area (Å²) in [6.07, 6.45) is 4.01. The maximum Gasteiger partial charge on any atom is 0.387 e. The van der Waals surface area contributed by atoms with Gasteiger partial charge in [0.25, 0.3) is 5.91 Å². The first-order valence-corrected chi connectivity index (χ1v) is 12.0. The summed E-state index contributed by atoms with van der Waals surface area (Å²) >= 11 is 0. The van der Waals surface area contributed by atoms with Gasteiger partial charge in [0.05, 0.1) is 22.6 Å². The molecule has 4 aromatic rings. The van der Waals surface area contributed by atoms with E-state index in [2.05, 4.69) is 18.2 Å². The highest BCUT2D eigenvalue weighted by atomic mass is 19.3. The quantitative estimate of drug-likeness (QED) is 0.349. The van der Waals surface area contributed by atoms with Crippen molar-refractivity contribution in [2.75, 3.05) is 7.05 Å². The Morgan fingerprint density at radius 2 is 1.83 bits per heavy atom. The van der Waals surface area contributed by atoms with Gasteiger partial charge in [-0.2, -0.15) is 8.78 Å². The number of nitrogens with zero attached hydrogens (tertiary/aromatic N) is 3. The van der Waals surface area contributed by atoms with Crippen LogP contribution in [-0.2, 0) is 12.8 Å². The molecule has 35 heavy (non-hydrogen) atoms. The molecule has 0 radical (unpaired) electrons. The van der Waals surface area contributed by atoms with E-state index in [0.717, 1.165) is 35.0 Å². The van der Waals surface area contributed by atoms with Crippen LogP contribution < -0.4 is 4.74 Å². The van der Waals surface area contributed by atoms with Crippen LogP contribution in [0.3, 0.4) is 0 Å². The molecule has 0 fully saturated rings. The number of benzene rings is 3. The fourth-order valence-electron chi connectivity index (χ4n) is 5.56. The summed E-state index contributed by atoms with van der Waals surface area (Å²) in [7, 11) is 1.73. The van der Waals surface area contributed by atoms with Crippen molar-refractivity contribution >= 4 is 16.9 Å². The molecule has 1 aliphatic heterocycles. The van der Waals surface area contributed by atoms with E-state index in [1.807, 2.05) is 29.7 Å². The molecule has 0 bridgehead atoms. The third kappa shape index (κ3) is 3.40. The second kappa shape index (κ2) is 8.18. The minimum Gasteiger partial charge on any atom is -0.433 e. The number of hydrogen-bond donors (Lipinski definition) is 0. The van der Waals surface area contributed by atoms with Crippen LogP contribution in [0.15, 0.2) is 54.6 Å². The van der Waals surface area contributed by atoms with E-state index in [-0.39, 0.29) is 17.7 Å². The number of amides is 1. The number of carbonyl (C=O) groups is 1. The lowest BCUT2D eigenvalue weighted by Crippen LogP contribution is -2.30. The largest absolute Gasteiger partial charge is 0.433 e. The molecular formula is C28H25F2N3O2. The van der Waals surface area contributed by atoms with Gasteiger partial charge in [0, 0.05) is 7.05 Å². The highest BCUT2D eigenvalue weighted by Gasteiger charge is 2.35. The first kappa shape index (κ1) is 21.8. The Morgan fingerprint density at radius 1 is 1.06 bits per heavy atom. The fourth-order valence-corrected chi connectivity index (χ4v) is 5.56. The second-order valence-electron chi connectivity index (χ2n) is 9.22. The molecular weight excluding hydrogens is 448 g/mol. The maximum absolute atomic E-state index is 13.4. The van der Waals surface area contributed by atoms with E-state index in [4.69, 9.17) is 9.72 Å². The van der Waals surface area contributed by atoms with Gasteiger partial charge in [0.15, 0.2) is 5.75 Å². The number of aromatic nitrogens is 2. The Balaban J connectivity index is 1.63. The van der Waals surface area contributed by atoms with E-state index in [1.165, 1.54) is 23.6 Å². The molecule has 2 aliphatic rings. The molecule has 1 amide bonds. The van der Waals surface area contributed by atoms with Crippen LogP contribution in [-0.4, -0.2) is 34.0 Å².